The molecular formula is C17H22N4O4. The number of carbonyl (C=O) groups is 2. The Kier molecular flexibility index (Phi) is 5.00. The minimum atomic E-state index is -0.901. The van der Waals surface area contributed by atoms with E-state index in [0.29, 0.717) is 50.3 Å². The third kappa shape index (κ3) is 3.10. The van der Waals surface area contributed by atoms with Crippen LogP contribution in [0.5, 0.6) is 0 Å². The molecule has 25 heavy (non-hydrogen) atoms. The minimum Gasteiger partial charge on any atom is -0.480 e. The predicted octanol–water partition coefficient (Wildman–Crippen LogP) is 0.0354. The molecule has 0 unspecified atom stereocenters. The van der Waals surface area contributed by atoms with Crippen LogP contribution in [-0.4, -0.2) is 69.8 Å². The van der Waals surface area contributed by atoms with Gasteiger partial charge in [0.25, 0.3) is 0 Å². The second kappa shape index (κ2) is 7.20. The molecule has 1 atom stereocenters. The lowest BCUT2D eigenvalue weighted by atomic mass is 9.87. The van der Waals surface area contributed by atoms with Gasteiger partial charge in [-0.15, -0.1) is 0 Å². The van der Waals surface area contributed by atoms with E-state index in [1.807, 2.05) is 4.90 Å². The molecule has 8 nitrogen and oxygen atoms in total. The number of carbonyl (C=O) groups excluding carboxylic acids is 1. The summed E-state index contributed by atoms with van der Waals surface area (Å²) in [5.74, 6) is -1.10. The topological polar surface area (TPSA) is 132 Å². The van der Waals surface area contributed by atoms with Crippen molar-refractivity contribution in [2.24, 2.45) is 10.7 Å². The van der Waals surface area contributed by atoms with Crippen LogP contribution in [0.25, 0.3) is 5.70 Å². The summed E-state index contributed by atoms with van der Waals surface area (Å²) in [7, 11) is 0. The number of nitrogens with two attached hydrogens (primary N) is 1. The van der Waals surface area contributed by atoms with Crippen LogP contribution in [0.2, 0.25) is 0 Å². The molecule has 2 aliphatic rings. The highest BCUT2D eigenvalue weighted by atomic mass is 16.4. The molecule has 5 N–H and O–H groups in total. The average Bonchev–Trinajstić information content (AvgIpc) is 3.02. The summed E-state index contributed by atoms with van der Waals surface area (Å²) in [5.41, 5.74) is 8.66. The number of aliphatic hydroxyl groups is 1. The summed E-state index contributed by atoms with van der Waals surface area (Å²) in [4.78, 5) is 33.4. The van der Waals surface area contributed by atoms with Crippen molar-refractivity contribution in [3.8, 4) is 0 Å². The maximum atomic E-state index is 12.6. The normalized spacial score (nSPS) is 20.6. The van der Waals surface area contributed by atoms with E-state index >= 15 is 0 Å². The van der Waals surface area contributed by atoms with Gasteiger partial charge in [-0.25, -0.2) is 4.79 Å². The van der Waals surface area contributed by atoms with Crippen molar-refractivity contribution in [1.29, 1.82) is 0 Å². The Morgan fingerprint density at radius 2 is 2.24 bits per heavy atom. The van der Waals surface area contributed by atoms with Crippen LogP contribution in [0.15, 0.2) is 17.3 Å². The number of allylic oxidation sites excluding steroid dienone is 1. The molecule has 0 amide bonds. The van der Waals surface area contributed by atoms with Crippen molar-refractivity contribution < 1.29 is 19.8 Å². The SMILES string of the molecule is NCCCN1C2=CC(=NCCCO)C(=O)c3[nH]cc(c32)C[C@H]1C(=O)O. The zero-order valence-electron chi connectivity index (χ0n) is 13.9. The van der Waals surface area contributed by atoms with Gasteiger partial charge in [0.1, 0.15) is 11.8 Å². The number of nitrogens with one attached hydrogen (secondary N) is 1. The maximum absolute atomic E-state index is 12.6. The zero-order valence-corrected chi connectivity index (χ0v) is 13.9. The summed E-state index contributed by atoms with van der Waals surface area (Å²) >= 11 is 0. The lowest BCUT2D eigenvalue weighted by Gasteiger charge is -2.38. The standard InChI is InChI=1S/C17H22N4O4/c18-3-1-5-21-12-8-11(19-4-2-6-22)16(23)15-14(12)10(9-20-15)7-13(21)17(24)25/h8-9,13,20,22H,1-7,18H2,(H,24,25)/t13-/m0/s1. The van der Waals surface area contributed by atoms with Gasteiger partial charge < -0.3 is 25.8 Å². The predicted molar refractivity (Wildman–Crippen MR) is 92.6 cm³/mol. The van der Waals surface area contributed by atoms with E-state index in [9.17, 15) is 14.7 Å². The lowest BCUT2D eigenvalue weighted by Crippen LogP contribution is -2.46. The molecule has 8 heteroatoms. The van der Waals surface area contributed by atoms with Crippen LogP contribution in [0.3, 0.4) is 0 Å². The number of H-pyrrole nitrogens is 1. The van der Waals surface area contributed by atoms with E-state index in [1.54, 1.807) is 12.3 Å². The number of carboxylic acids is 1. The van der Waals surface area contributed by atoms with Gasteiger partial charge in [0.05, 0.1) is 5.69 Å². The molecule has 2 heterocycles. The smallest absolute Gasteiger partial charge is 0.326 e. The van der Waals surface area contributed by atoms with Gasteiger partial charge >= 0.3 is 5.97 Å². The van der Waals surface area contributed by atoms with Gasteiger partial charge in [-0.2, -0.15) is 0 Å². The van der Waals surface area contributed by atoms with Crippen molar-refractivity contribution in [3.63, 3.8) is 0 Å². The van der Waals surface area contributed by atoms with Gasteiger partial charge in [-0.3, -0.25) is 9.79 Å². The van der Waals surface area contributed by atoms with E-state index in [1.165, 1.54) is 0 Å². The van der Waals surface area contributed by atoms with Crippen LogP contribution in [-0.2, 0) is 11.2 Å². The molecule has 1 aliphatic carbocycles. The fraction of sp³-hybridized carbons (Fsp3) is 0.471. The third-order valence-corrected chi connectivity index (χ3v) is 4.54. The zero-order chi connectivity index (χ0) is 18.0. The Labute approximate surface area is 145 Å². The second-order valence-corrected chi connectivity index (χ2v) is 6.16. The first-order valence-electron chi connectivity index (χ1n) is 8.40. The maximum Gasteiger partial charge on any atom is 0.326 e. The number of carboxylic acid groups (broad SMARTS) is 1. The molecule has 0 bridgehead atoms. The van der Waals surface area contributed by atoms with Crippen LogP contribution >= 0.6 is 0 Å². The number of rotatable bonds is 7. The first-order chi connectivity index (χ1) is 12.1. The number of aliphatic imine (C=N–C) groups is 1. The first-order valence-corrected chi connectivity index (χ1v) is 8.40. The molecule has 1 aliphatic heterocycles. The molecule has 0 fully saturated rings. The Bertz CT molecular complexity index is 750. The van der Waals surface area contributed by atoms with E-state index < -0.39 is 12.0 Å². The molecular weight excluding hydrogens is 324 g/mol. The van der Waals surface area contributed by atoms with Crippen molar-refractivity contribution in [1.82, 2.24) is 9.88 Å². The lowest BCUT2D eigenvalue weighted by molar-refractivity contribution is -0.142. The van der Waals surface area contributed by atoms with Crippen molar-refractivity contribution >= 4 is 23.2 Å². The Balaban J connectivity index is 2.06. The molecule has 0 aromatic carbocycles. The van der Waals surface area contributed by atoms with E-state index in [0.717, 1.165) is 11.1 Å². The van der Waals surface area contributed by atoms with Gasteiger partial charge in [0, 0.05) is 43.6 Å². The Morgan fingerprint density at radius 3 is 2.92 bits per heavy atom. The summed E-state index contributed by atoms with van der Waals surface area (Å²) in [6.45, 7) is 1.30. The molecule has 0 saturated heterocycles. The fourth-order valence-electron chi connectivity index (χ4n) is 3.35. The first kappa shape index (κ1) is 17.4. The Morgan fingerprint density at radius 1 is 1.44 bits per heavy atom. The van der Waals surface area contributed by atoms with E-state index in [4.69, 9.17) is 10.8 Å². The van der Waals surface area contributed by atoms with Crippen molar-refractivity contribution in [3.05, 3.63) is 29.1 Å². The second-order valence-electron chi connectivity index (χ2n) is 6.16. The number of ketones is 1. The number of aliphatic hydroxyl groups excluding tert-OH is 1. The molecule has 1 aromatic rings. The largest absolute Gasteiger partial charge is 0.480 e. The summed E-state index contributed by atoms with van der Waals surface area (Å²) in [5, 5.41) is 18.5. The van der Waals surface area contributed by atoms with Crippen LogP contribution in [0.4, 0.5) is 0 Å². The van der Waals surface area contributed by atoms with Crippen molar-refractivity contribution in [2.45, 2.75) is 25.3 Å². The summed E-state index contributed by atoms with van der Waals surface area (Å²) in [6, 6.07) is -0.694. The van der Waals surface area contributed by atoms with Crippen LogP contribution < -0.4 is 5.73 Å². The summed E-state index contributed by atoms with van der Waals surface area (Å²) in [6.07, 6.45) is 4.85. The number of hydrogen-bond acceptors (Lipinski definition) is 6. The van der Waals surface area contributed by atoms with Crippen LogP contribution in [0.1, 0.15) is 34.5 Å². The number of aromatic nitrogens is 1. The van der Waals surface area contributed by atoms with Gasteiger partial charge in [0.2, 0.25) is 5.78 Å². The number of hydrogen-bond donors (Lipinski definition) is 4. The van der Waals surface area contributed by atoms with Crippen LogP contribution in [0, 0.1) is 0 Å². The Hall–Kier alpha value is -2.45. The van der Waals surface area contributed by atoms with Gasteiger partial charge in [0.15, 0.2) is 0 Å². The third-order valence-electron chi connectivity index (χ3n) is 4.54. The fourth-order valence-corrected chi connectivity index (χ4v) is 3.35. The highest BCUT2D eigenvalue weighted by Crippen LogP contribution is 2.37. The molecule has 134 valence electrons. The highest BCUT2D eigenvalue weighted by molar-refractivity contribution is 6.52. The number of aliphatic carboxylic acids is 1. The minimum absolute atomic E-state index is 0.00313. The van der Waals surface area contributed by atoms with Crippen molar-refractivity contribution in [2.75, 3.05) is 26.2 Å². The number of Topliss-reactive ketones (excluding diaryl/α,β-unsaturated/α-hetero) is 1. The summed E-state index contributed by atoms with van der Waals surface area (Å²) < 4.78 is 0. The molecule has 0 radical (unpaired) electrons. The molecule has 0 spiro atoms. The van der Waals surface area contributed by atoms with Gasteiger partial charge in [-0.1, -0.05) is 0 Å². The molecule has 3 rings (SSSR count). The number of nitrogens with zero attached hydrogens (tertiary/aromatic N) is 2. The average molecular weight is 346 g/mol. The van der Waals surface area contributed by atoms with E-state index in [-0.39, 0.29) is 18.1 Å². The van der Waals surface area contributed by atoms with Gasteiger partial charge in [-0.05, 0) is 31.0 Å². The highest BCUT2D eigenvalue weighted by Gasteiger charge is 2.40. The van der Waals surface area contributed by atoms with E-state index in [2.05, 4.69) is 9.98 Å². The molecule has 1 aromatic heterocycles. The number of aromatic amines is 1. The molecule has 0 saturated carbocycles. The monoisotopic (exact) mass is 346 g/mol. The quantitative estimate of drug-likeness (QED) is 0.515.